The van der Waals surface area contributed by atoms with Crippen molar-refractivity contribution in [2.75, 3.05) is 13.7 Å². The summed E-state index contributed by atoms with van der Waals surface area (Å²) >= 11 is 0. The summed E-state index contributed by atoms with van der Waals surface area (Å²) in [5.41, 5.74) is 2.70. The minimum absolute atomic E-state index is 0.408. The van der Waals surface area contributed by atoms with Gasteiger partial charge in [-0.3, -0.25) is 0 Å². The van der Waals surface area contributed by atoms with E-state index in [1.165, 1.54) is 11.1 Å². The fourth-order valence-corrected chi connectivity index (χ4v) is 2.83. The van der Waals surface area contributed by atoms with Crippen LogP contribution in [0.15, 0.2) is 54.6 Å². The van der Waals surface area contributed by atoms with Crippen molar-refractivity contribution in [2.45, 2.75) is 18.4 Å². The van der Waals surface area contributed by atoms with Crippen LogP contribution in [-0.2, 0) is 6.42 Å². The lowest BCUT2D eigenvalue weighted by Crippen LogP contribution is -2.35. The normalized spacial score (nSPS) is 18.7. The lowest BCUT2D eigenvalue weighted by atomic mass is 9.89. The molecule has 0 aromatic heterocycles. The van der Waals surface area contributed by atoms with E-state index in [4.69, 9.17) is 4.74 Å². The standard InChI is InChI=1S/C17H19NO/c1-18-16(11-13-7-3-2-4-8-13)15-12-19-17-10-6-5-9-14(15)17/h2-10,15-16,18H,11-12H2,1H3. The van der Waals surface area contributed by atoms with E-state index < -0.39 is 0 Å². The average molecular weight is 253 g/mol. The third-order valence-electron chi connectivity index (χ3n) is 3.89. The highest BCUT2D eigenvalue weighted by molar-refractivity contribution is 5.41. The molecule has 0 amide bonds. The van der Waals surface area contributed by atoms with Crippen LogP contribution in [0.4, 0.5) is 0 Å². The minimum atomic E-state index is 0.408. The Labute approximate surface area is 114 Å². The molecule has 19 heavy (non-hydrogen) atoms. The molecule has 1 N–H and O–H groups in total. The van der Waals surface area contributed by atoms with E-state index in [1.807, 2.05) is 13.1 Å². The van der Waals surface area contributed by atoms with Crippen LogP contribution in [0.1, 0.15) is 17.0 Å². The number of para-hydroxylation sites is 1. The summed E-state index contributed by atoms with van der Waals surface area (Å²) in [6.45, 7) is 0.775. The predicted molar refractivity (Wildman–Crippen MR) is 77.7 cm³/mol. The molecule has 1 aliphatic rings. The van der Waals surface area contributed by atoms with E-state index >= 15 is 0 Å². The third kappa shape index (κ3) is 2.49. The van der Waals surface area contributed by atoms with Crippen molar-refractivity contribution in [2.24, 2.45) is 0 Å². The molecule has 0 aliphatic carbocycles. The number of rotatable bonds is 4. The van der Waals surface area contributed by atoms with Crippen molar-refractivity contribution in [3.8, 4) is 5.75 Å². The summed E-state index contributed by atoms with van der Waals surface area (Å²) < 4.78 is 5.79. The van der Waals surface area contributed by atoms with Crippen molar-refractivity contribution in [3.05, 3.63) is 65.7 Å². The smallest absolute Gasteiger partial charge is 0.122 e. The number of nitrogens with one attached hydrogen (secondary N) is 1. The molecule has 98 valence electrons. The second kappa shape index (κ2) is 5.45. The Morgan fingerprint density at radius 1 is 1.11 bits per heavy atom. The topological polar surface area (TPSA) is 21.3 Å². The van der Waals surface area contributed by atoms with E-state index in [-0.39, 0.29) is 0 Å². The quantitative estimate of drug-likeness (QED) is 0.904. The van der Waals surface area contributed by atoms with Crippen LogP contribution in [0.25, 0.3) is 0 Å². The van der Waals surface area contributed by atoms with E-state index in [0.29, 0.717) is 12.0 Å². The second-order valence-corrected chi connectivity index (χ2v) is 5.04. The zero-order chi connectivity index (χ0) is 13.1. The summed E-state index contributed by atoms with van der Waals surface area (Å²) in [5.74, 6) is 1.47. The molecule has 1 aliphatic heterocycles. The first-order chi connectivity index (χ1) is 9.38. The summed E-state index contributed by atoms with van der Waals surface area (Å²) in [4.78, 5) is 0. The Kier molecular flexibility index (Phi) is 3.51. The lowest BCUT2D eigenvalue weighted by molar-refractivity contribution is 0.302. The van der Waals surface area contributed by atoms with Crippen molar-refractivity contribution < 1.29 is 4.74 Å². The first kappa shape index (κ1) is 12.2. The molecule has 2 atom stereocenters. The van der Waals surface area contributed by atoms with Crippen LogP contribution in [0.3, 0.4) is 0 Å². The first-order valence-corrected chi connectivity index (χ1v) is 6.81. The van der Waals surface area contributed by atoms with Gasteiger partial charge in [0.05, 0.1) is 6.61 Å². The SMILES string of the molecule is CNC(Cc1ccccc1)C1COc2ccccc21. The zero-order valence-electron chi connectivity index (χ0n) is 11.2. The van der Waals surface area contributed by atoms with Crippen LogP contribution in [0, 0.1) is 0 Å². The van der Waals surface area contributed by atoms with Crippen LogP contribution < -0.4 is 10.1 Å². The maximum absolute atomic E-state index is 5.79. The van der Waals surface area contributed by atoms with Crippen LogP contribution in [0.5, 0.6) is 5.75 Å². The van der Waals surface area contributed by atoms with Crippen molar-refractivity contribution >= 4 is 0 Å². The molecule has 0 spiro atoms. The Bertz CT molecular complexity index is 538. The molecule has 2 aromatic rings. The number of hydrogen-bond donors (Lipinski definition) is 1. The number of likely N-dealkylation sites (N-methyl/N-ethyl adjacent to an activating group) is 1. The minimum Gasteiger partial charge on any atom is -0.493 e. The Morgan fingerprint density at radius 3 is 2.63 bits per heavy atom. The highest BCUT2D eigenvalue weighted by Gasteiger charge is 2.30. The molecule has 2 unspecified atom stereocenters. The van der Waals surface area contributed by atoms with Crippen molar-refractivity contribution in [3.63, 3.8) is 0 Å². The summed E-state index contributed by atoms with van der Waals surface area (Å²) in [6.07, 6.45) is 1.03. The molecule has 1 heterocycles. The fourth-order valence-electron chi connectivity index (χ4n) is 2.83. The Morgan fingerprint density at radius 2 is 1.84 bits per heavy atom. The third-order valence-corrected chi connectivity index (χ3v) is 3.89. The second-order valence-electron chi connectivity index (χ2n) is 5.04. The monoisotopic (exact) mass is 253 g/mol. The number of benzene rings is 2. The Balaban J connectivity index is 1.81. The number of ether oxygens (including phenoxy) is 1. The van der Waals surface area contributed by atoms with Crippen molar-refractivity contribution in [1.29, 1.82) is 0 Å². The molecule has 2 heteroatoms. The van der Waals surface area contributed by atoms with E-state index in [9.17, 15) is 0 Å². The Hall–Kier alpha value is -1.80. The van der Waals surface area contributed by atoms with E-state index in [0.717, 1.165) is 18.8 Å². The molecule has 3 rings (SSSR count). The fraction of sp³-hybridized carbons (Fsp3) is 0.294. The maximum Gasteiger partial charge on any atom is 0.122 e. The van der Waals surface area contributed by atoms with Crippen LogP contribution >= 0.6 is 0 Å². The predicted octanol–water partition coefficient (Wildman–Crippen LogP) is 2.99. The molecule has 0 saturated heterocycles. The average Bonchev–Trinajstić information content (AvgIpc) is 2.90. The molecular weight excluding hydrogens is 234 g/mol. The van der Waals surface area contributed by atoms with Gasteiger partial charge in [-0.1, -0.05) is 48.5 Å². The zero-order valence-corrected chi connectivity index (χ0v) is 11.2. The number of hydrogen-bond acceptors (Lipinski definition) is 2. The van der Waals surface area contributed by atoms with Crippen molar-refractivity contribution in [1.82, 2.24) is 5.32 Å². The van der Waals surface area contributed by atoms with Gasteiger partial charge < -0.3 is 10.1 Å². The summed E-state index contributed by atoms with van der Waals surface area (Å²) in [7, 11) is 2.04. The molecule has 0 bridgehead atoms. The van der Waals surface area contributed by atoms with Gasteiger partial charge in [0.25, 0.3) is 0 Å². The van der Waals surface area contributed by atoms with Gasteiger partial charge >= 0.3 is 0 Å². The van der Waals surface area contributed by atoms with Gasteiger partial charge in [-0.05, 0) is 25.1 Å². The van der Waals surface area contributed by atoms with Gasteiger partial charge in [0, 0.05) is 17.5 Å². The van der Waals surface area contributed by atoms with E-state index in [1.54, 1.807) is 0 Å². The van der Waals surface area contributed by atoms with Gasteiger partial charge in [-0.2, -0.15) is 0 Å². The highest BCUT2D eigenvalue weighted by Crippen LogP contribution is 2.36. The first-order valence-electron chi connectivity index (χ1n) is 6.81. The summed E-state index contributed by atoms with van der Waals surface area (Å²) in [6, 6.07) is 19.4. The molecule has 0 saturated carbocycles. The van der Waals surface area contributed by atoms with Crippen LogP contribution in [0.2, 0.25) is 0 Å². The summed E-state index contributed by atoms with van der Waals surface area (Å²) in [5, 5.41) is 3.45. The van der Waals surface area contributed by atoms with E-state index in [2.05, 4.69) is 53.8 Å². The van der Waals surface area contributed by atoms with Gasteiger partial charge in [-0.15, -0.1) is 0 Å². The highest BCUT2D eigenvalue weighted by atomic mass is 16.5. The van der Waals surface area contributed by atoms with Gasteiger partial charge in [0.15, 0.2) is 0 Å². The molecular formula is C17H19NO. The molecule has 2 aromatic carbocycles. The van der Waals surface area contributed by atoms with Gasteiger partial charge in [0.1, 0.15) is 5.75 Å². The largest absolute Gasteiger partial charge is 0.493 e. The molecule has 0 radical (unpaired) electrons. The molecule has 0 fully saturated rings. The van der Waals surface area contributed by atoms with Crippen LogP contribution in [-0.4, -0.2) is 19.7 Å². The van der Waals surface area contributed by atoms with Gasteiger partial charge in [0.2, 0.25) is 0 Å². The molecule has 2 nitrogen and oxygen atoms in total. The maximum atomic E-state index is 5.79. The van der Waals surface area contributed by atoms with Gasteiger partial charge in [-0.25, -0.2) is 0 Å². The number of fused-ring (bicyclic) bond motifs is 1. The lowest BCUT2D eigenvalue weighted by Gasteiger charge is -2.22.